The van der Waals surface area contributed by atoms with E-state index in [0.717, 1.165) is 6.42 Å². The van der Waals surface area contributed by atoms with Gasteiger partial charge in [0.1, 0.15) is 6.61 Å². The van der Waals surface area contributed by atoms with Crippen LogP contribution in [-0.4, -0.2) is 41.3 Å². The number of hydrogen-bond donors (Lipinski definition) is 1. The van der Waals surface area contributed by atoms with Gasteiger partial charge in [-0.05, 0) is 41.0 Å². The lowest BCUT2D eigenvalue weighted by atomic mass is 9.96. The van der Waals surface area contributed by atoms with Crippen molar-refractivity contribution in [2.45, 2.75) is 24.8 Å². The zero-order chi connectivity index (χ0) is 18.5. The minimum atomic E-state index is -0.741. The Bertz CT molecular complexity index is 879. The van der Waals surface area contributed by atoms with Crippen LogP contribution in [0.2, 0.25) is 0 Å². The Morgan fingerprint density at radius 2 is 1.67 bits per heavy atom. The molecule has 5 heteroatoms. The van der Waals surface area contributed by atoms with E-state index in [0.29, 0.717) is 19.6 Å². The van der Waals surface area contributed by atoms with E-state index >= 15 is 0 Å². The lowest BCUT2D eigenvalue weighted by Gasteiger charge is -2.29. The van der Waals surface area contributed by atoms with Crippen LogP contribution in [0.3, 0.4) is 0 Å². The maximum absolute atomic E-state index is 12.6. The number of fused-ring (bicyclic) bond motifs is 4. The van der Waals surface area contributed by atoms with Crippen molar-refractivity contribution in [2.24, 2.45) is 11.8 Å². The fourth-order valence-electron chi connectivity index (χ4n) is 4.86. The fraction of sp³-hybridized carbons (Fsp3) is 0.364. The average Bonchev–Trinajstić information content (AvgIpc) is 3.42. The maximum Gasteiger partial charge on any atom is 0.410 e. The first-order valence-electron chi connectivity index (χ1n) is 9.49. The van der Waals surface area contributed by atoms with Gasteiger partial charge in [-0.15, -0.1) is 0 Å². The molecular formula is C22H21NO4. The predicted octanol–water partition coefficient (Wildman–Crippen LogP) is 3.73. The molecule has 0 unspecified atom stereocenters. The number of carboxylic acid groups (broad SMARTS) is 1. The van der Waals surface area contributed by atoms with Gasteiger partial charge in [0.05, 0.1) is 5.92 Å². The van der Waals surface area contributed by atoms with Crippen molar-refractivity contribution < 1.29 is 19.4 Å². The second kappa shape index (κ2) is 6.12. The summed E-state index contributed by atoms with van der Waals surface area (Å²) in [6, 6.07) is 16.6. The molecule has 0 aromatic heterocycles. The summed E-state index contributed by atoms with van der Waals surface area (Å²) in [5.41, 5.74) is 4.80. The molecule has 1 heterocycles. The van der Waals surface area contributed by atoms with Crippen LogP contribution in [0.5, 0.6) is 0 Å². The van der Waals surface area contributed by atoms with Crippen molar-refractivity contribution in [3.05, 3.63) is 59.7 Å². The number of hydrogen-bond acceptors (Lipinski definition) is 3. The monoisotopic (exact) mass is 363 g/mol. The lowest BCUT2D eigenvalue weighted by Crippen LogP contribution is -2.42. The third-order valence-electron chi connectivity index (χ3n) is 6.29. The van der Waals surface area contributed by atoms with Crippen molar-refractivity contribution in [3.8, 4) is 11.1 Å². The first-order valence-corrected chi connectivity index (χ1v) is 9.49. The number of rotatable bonds is 3. The zero-order valence-corrected chi connectivity index (χ0v) is 14.9. The zero-order valence-electron chi connectivity index (χ0n) is 14.9. The van der Waals surface area contributed by atoms with E-state index in [2.05, 4.69) is 24.3 Å². The minimum Gasteiger partial charge on any atom is -0.481 e. The van der Waals surface area contributed by atoms with Gasteiger partial charge in [-0.2, -0.15) is 0 Å². The number of amides is 1. The van der Waals surface area contributed by atoms with Gasteiger partial charge in [0.15, 0.2) is 0 Å². The molecule has 27 heavy (non-hydrogen) atoms. The van der Waals surface area contributed by atoms with E-state index in [1.807, 2.05) is 24.3 Å². The number of carbonyl (C=O) groups is 2. The molecule has 1 aliphatic heterocycles. The molecule has 1 N–H and O–H groups in total. The number of benzene rings is 2. The number of likely N-dealkylation sites (tertiary alicyclic amines) is 1. The van der Waals surface area contributed by atoms with Gasteiger partial charge in [0.25, 0.3) is 0 Å². The lowest BCUT2D eigenvalue weighted by molar-refractivity contribution is -0.143. The summed E-state index contributed by atoms with van der Waals surface area (Å²) >= 11 is 0. The van der Waals surface area contributed by atoms with Gasteiger partial charge in [0, 0.05) is 18.5 Å². The van der Waals surface area contributed by atoms with Gasteiger partial charge < -0.3 is 14.7 Å². The van der Waals surface area contributed by atoms with Crippen LogP contribution >= 0.6 is 0 Å². The molecule has 5 rings (SSSR count). The normalized spacial score (nSPS) is 25.3. The van der Waals surface area contributed by atoms with Crippen LogP contribution in [0.4, 0.5) is 4.79 Å². The Morgan fingerprint density at radius 3 is 2.30 bits per heavy atom. The Kier molecular flexibility index (Phi) is 3.71. The van der Waals surface area contributed by atoms with E-state index in [9.17, 15) is 14.7 Å². The summed E-state index contributed by atoms with van der Waals surface area (Å²) in [5, 5.41) is 9.26. The van der Waals surface area contributed by atoms with Crippen LogP contribution in [0.1, 0.15) is 29.9 Å². The Labute approximate surface area is 157 Å². The summed E-state index contributed by atoms with van der Waals surface area (Å²) in [7, 11) is 0. The van der Waals surface area contributed by atoms with E-state index in [-0.39, 0.29) is 29.9 Å². The van der Waals surface area contributed by atoms with E-state index < -0.39 is 5.97 Å². The second-order valence-electron chi connectivity index (χ2n) is 7.70. The first kappa shape index (κ1) is 16.4. The van der Waals surface area contributed by atoms with Crippen molar-refractivity contribution in [1.82, 2.24) is 4.90 Å². The number of carbonyl (C=O) groups excluding carboxylic acids is 1. The smallest absolute Gasteiger partial charge is 0.410 e. The van der Waals surface area contributed by atoms with Crippen molar-refractivity contribution >= 4 is 12.1 Å². The number of ether oxygens (including phenoxy) is 1. The standard InChI is InChI=1S/C22H21NO4/c24-21(25)17-9-10-23(20-11-18(17)20)22(26)27-12-19-15-7-3-1-5-13(15)14-6-2-4-8-16(14)19/h1-8,17-20H,9-12H2,(H,24,25)/t17-,18-,20-/m1/s1. The Morgan fingerprint density at radius 1 is 1.04 bits per heavy atom. The van der Waals surface area contributed by atoms with Crippen LogP contribution in [-0.2, 0) is 9.53 Å². The molecule has 2 aromatic rings. The minimum absolute atomic E-state index is 0.0375. The van der Waals surface area contributed by atoms with Gasteiger partial charge >= 0.3 is 12.1 Å². The number of nitrogens with zero attached hydrogens (tertiary/aromatic N) is 1. The van der Waals surface area contributed by atoms with Gasteiger partial charge in [-0.25, -0.2) is 4.79 Å². The van der Waals surface area contributed by atoms with Crippen LogP contribution in [0.25, 0.3) is 11.1 Å². The SMILES string of the molecule is O=C(O)[C@@H]1CCN(C(=O)OCC2c3ccccc3-c3ccccc32)[C@@H]2C[C@@H]21. The molecule has 0 spiro atoms. The van der Waals surface area contributed by atoms with Gasteiger partial charge in [-0.1, -0.05) is 48.5 Å². The molecule has 1 saturated heterocycles. The molecule has 2 fully saturated rings. The highest BCUT2D eigenvalue weighted by atomic mass is 16.6. The fourth-order valence-corrected chi connectivity index (χ4v) is 4.86. The number of piperidine rings is 1. The van der Waals surface area contributed by atoms with Crippen LogP contribution < -0.4 is 0 Å². The molecule has 0 radical (unpaired) electrons. The second-order valence-corrected chi connectivity index (χ2v) is 7.70. The average molecular weight is 363 g/mol. The van der Waals surface area contributed by atoms with E-state index in [1.165, 1.54) is 22.3 Å². The molecule has 0 bridgehead atoms. The highest BCUT2D eigenvalue weighted by Gasteiger charge is 2.54. The van der Waals surface area contributed by atoms with Crippen LogP contribution in [0.15, 0.2) is 48.5 Å². The molecule has 3 aliphatic rings. The summed E-state index contributed by atoms with van der Waals surface area (Å²) in [4.78, 5) is 25.6. The quantitative estimate of drug-likeness (QED) is 0.902. The third-order valence-corrected chi connectivity index (χ3v) is 6.29. The molecule has 3 atom stereocenters. The maximum atomic E-state index is 12.6. The molecule has 2 aromatic carbocycles. The molecule has 5 nitrogen and oxygen atoms in total. The Balaban J connectivity index is 1.30. The third kappa shape index (κ3) is 2.60. The topological polar surface area (TPSA) is 66.8 Å². The van der Waals surface area contributed by atoms with E-state index in [1.54, 1.807) is 4.90 Å². The highest BCUT2D eigenvalue weighted by molar-refractivity contribution is 5.79. The van der Waals surface area contributed by atoms with Gasteiger partial charge in [0.2, 0.25) is 0 Å². The molecule has 2 aliphatic carbocycles. The first-order chi connectivity index (χ1) is 13.1. The summed E-state index contributed by atoms with van der Waals surface area (Å²) in [6.07, 6.45) is 0.982. The molecule has 1 amide bonds. The summed E-state index contributed by atoms with van der Waals surface area (Å²) in [6.45, 7) is 0.776. The number of carboxylic acids is 1. The van der Waals surface area contributed by atoms with E-state index in [4.69, 9.17) is 4.74 Å². The molecule has 138 valence electrons. The summed E-state index contributed by atoms with van der Waals surface area (Å²) < 4.78 is 5.71. The van der Waals surface area contributed by atoms with Crippen molar-refractivity contribution in [2.75, 3.05) is 13.2 Å². The highest BCUT2D eigenvalue weighted by Crippen LogP contribution is 2.48. The van der Waals surface area contributed by atoms with Crippen LogP contribution in [0, 0.1) is 11.8 Å². The van der Waals surface area contributed by atoms with Gasteiger partial charge in [-0.3, -0.25) is 4.79 Å². The molecular weight excluding hydrogens is 342 g/mol. The Hall–Kier alpha value is -2.82. The summed E-state index contributed by atoms with van der Waals surface area (Å²) in [5.74, 6) is -0.910. The number of aliphatic carboxylic acids is 1. The largest absolute Gasteiger partial charge is 0.481 e. The van der Waals surface area contributed by atoms with Crippen molar-refractivity contribution in [3.63, 3.8) is 0 Å². The predicted molar refractivity (Wildman–Crippen MR) is 99.4 cm³/mol. The molecule has 1 saturated carbocycles. The van der Waals surface area contributed by atoms with Crippen molar-refractivity contribution in [1.29, 1.82) is 0 Å².